The van der Waals surface area contributed by atoms with Gasteiger partial charge in [-0.15, -0.1) is 11.8 Å². The van der Waals surface area contributed by atoms with Gasteiger partial charge in [0.05, 0.1) is 5.69 Å². The van der Waals surface area contributed by atoms with Crippen LogP contribution in [-0.2, 0) is 5.75 Å². The van der Waals surface area contributed by atoms with Crippen molar-refractivity contribution in [3.05, 3.63) is 81.9 Å². The molecule has 22 heavy (non-hydrogen) atoms. The summed E-state index contributed by atoms with van der Waals surface area (Å²) in [4.78, 5) is 16.9. The van der Waals surface area contributed by atoms with Crippen LogP contribution in [0.1, 0.15) is 29.1 Å². The van der Waals surface area contributed by atoms with Crippen molar-refractivity contribution < 1.29 is 0 Å². The number of aromatic nitrogens is 2. The third-order valence-electron chi connectivity index (χ3n) is 3.68. The Morgan fingerprint density at radius 1 is 1.14 bits per heavy atom. The summed E-state index contributed by atoms with van der Waals surface area (Å²) in [5.74, 6) is 0.732. The first kappa shape index (κ1) is 14.9. The number of rotatable bonds is 4. The molecule has 0 aliphatic heterocycles. The first-order chi connectivity index (χ1) is 10.6. The van der Waals surface area contributed by atoms with Crippen molar-refractivity contribution in [1.82, 2.24) is 9.38 Å². The molecule has 3 aromatic rings. The Hall–Kier alpha value is -2.07. The van der Waals surface area contributed by atoms with Crippen LogP contribution >= 0.6 is 11.8 Å². The summed E-state index contributed by atoms with van der Waals surface area (Å²) in [6, 6.07) is 17.8. The standard InChI is InChI=1S/C18H18N2OS/c1-13-7-6-10-17-19-16(11-18(21)20(13)17)12-22-14(2)15-8-4-3-5-9-15/h3-11,14H,12H2,1-2H3. The maximum atomic E-state index is 12.2. The second-order valence-corrected chi connectivity index (χ2v) is 6.64. The molecule has 0 N–H and O–H groups in total. The lowest BCUT2D eigenvalue weighted by molar-refractivity contribution is 0.966. The molecule has 0 amide bonds. The van der Waals surface area contributed by atoms with Gasteiger partial charge in [-0.2, -0.15) is 0 Å². The topological polar surface area (TPSA) is 34.4 Å². The Balaban J connectivity index is 1.82. The highest BCUT2D eigenvalue weighted by Gasteiger charge is 2.08. The molecule has 0 saturated carbocycles. The van der Waals surface area contributed by atoms with E-state index in [0.717, 1.165) is 22.8 Å². The SMILES string of the molecule is Cc1cccc2nc(CSC(C)c3ccccc3)cc(=O)n12. The van der Waals surface area contributed by atoms with Crippen molar-refractivity contribution in [2.24, 2.45) is 0 Å². The van der Waals surface area contributed by atoms with Crippen LogP contribution in [0.15, 0.2) is 59.4 Å². The summed E-state index contributed by atoms with van der Waals surface area (Å²) in [5.41, 5.74) is 3.75. The van der Waals surface area contributed by atoms with E-state index in [2.05, 4.69) is 36.2 Å². The summed E-state index contributed by atoms with van der Waals surface area (Å²) >= 11 is 1.79. The molecule has 0 aliphatic carbocycles. The highest BCUT2D eigenvalue weighted by molar-refractivity contribution is 7.98. The number of nitrogens with zero attached hydrogens (tertiary/aromatic N) is 2. The number of fused-ring (bicyclic) bond motifs is 1. The fourth-order valence-electron chi connectivity index (χ4n) is 2.47. The molecule has 2 heterocycles. The number of hydrogen-bond acceptors (Lipinski definition) is 3. The monoisotopic (exact) mass is 310 g/mol. The Morgan fingerprint density at radius 2 is 1.91 bits per heavy atom. The Morgan fingerprint density at radius 3 is 2.68 bits per heavy atom. The van der Waals surface area contributed by atoms with Crippen LogP contribution in [0.5, 0.6) is 0 Å². The van der Waals surface area contributed by atoms with E-state index >= 15 is 0 Å². The first-order valence-corrected chi connectivity index (χ1v) is 8.35. The fraction of sp³-hybridized carbons (Fsp3) is 0.222. The smallest absolute Gasteiger partial charge is 0.258 e. The van der Waals surface area contributed by atoms with Gasteiger partial charge in [-0.25, -0.2) is 4.98 Å². The maximum absolute atomic E-state index is 12.2. The lowest BCUT2D eigenvalue weighted by atomic mass is 10.2. The van der Waals surface area contributed by atoms with Crippen LogP contribution < -0.4 is 5.56 Å². The average molecular weight is 310 g/mol. The van der Waals surface area contributed by atoms with Crippen LogP contribution in [0.4, 0.5) is 0 Å². The van der Waals surface area contributed by atoms with E-state index in [1.165, 1.54) is 5.56 Å². The zero-order chi connectivity index (χ0) is 15.5. The van der Waals surface area contributed by atoms with Crippen molar-refractivity contribution in [3.63, 3.8) is 0 Å². The summed E-state index contributed by atoms with van der Waals surface area (Å²) < 4.78 is 1.65. The molecule has 1 atom stereocenters. The molecular weight excluding hydrogens is 292 g/mol. The van der Waals surface area contributed by atoms with Gasteiger partial charge < -0.3 is 0 Å². The summed E-state index contributed by atoms with van der Waals surface area (Å²) in [7, 11) is 0. The van der Waals surface area contributed by atoms with Gasteiger partial charge in [0, 0.05) is 22.8 Å². The van der Waals surface area contributed by atoms with Crippen molar-refractivity contribution in [3.8, 4) is 0 Å². The molecule has 3 rings (SSSR count). The highest BCUT2D eigenvalue weighted by Crippen LogP contribution is 2.30. The summed E-state index contributed by atoms with van der Waals surface area (Å²) in [6.45, 7) is 4.10. The average Bonchev–Trinajstić information content (AvgIpc) is 2.53. The van der Waals surface area contributed by atoms with Gasteiger partial charge in [-0.3, -0.25) is 9.20 Å². The molecule has 1 unspecified atom stereocenters. The molecule has 2 aromatic heterocycles. The first-order valence-electron chi connectivity index (χ1n) is 7.30. The summed E-state index contributed by atoms with van der Waals surface area (Å²) in [6.07, 6.45) is 0. The predicted octanol–water partition coefficient (Wildman–Crippen LogP) is 4.00. The predicted molar refractivity (Wildman–Crippen MR) is 92.4 cm³/mol. The molecule has 0 aliphatic rings. The zero-order valence-corrected chi connectivity index (χ0v) is 13.5. The van der Waals surface area contributed by atoms with Gasteiger partial charge in [0.15, 0.2) is 0 Å². The van der Waals surface area contributed by atoms with Crippen LogP contribution in [0.3, 0.4) is 0 Å². The number of hydrogen-bond donors (Lipinski definition) is 0. The molecular formula is C18H18N2OS. The van der Waals surface area contributed by atoms with E-state index in [-0.39, 0.29) is 5.56 Å². The van der Waals surface area contributed by atoms with E-state index in [4.69, 9.17) is 0 Å². The van der Waals surface area contributed by atoms with E-state index in [1.807, 2.05) is 31.2 Å². The van der Waals surface area contributed by atoms with Gasteiger partial charge in [0.1, 0.15) is 5.65 Å². The Kier molecular flexibility index (Phi) is 4.29. The van der Waals surface area contributed by atoms with Gasteiger partial charge in [-0.05, 0) is 31.5 Å². The van der Waals surface area contributed by atoms with Crippen molar-refractivity contribution in [1.29, 1.82) is 0 Å². The van der Waals surface area contributed by atoms with Crippen molar-refractivity contribution >= 4 is 17.4 Å². The minimum absolute atomic E-state index is 0.00827. The Bertz CT molecular complexity index is 843. The second-order valence-electron chi connectivity index (χ2n) is 5.31. The van der Waals surface area contributed by atoms with Crippen LogP contribution in [-0.4, -0.2) is 9.38 Å². The number of benzene rings is 1. The second kappa shape index (κ2) is 6.36. The van der Waals surface area contributed by atoms with Crippen LogP contribution in [0, 0.1) is 6.92 Å². The molecule has 0 saturated heterocycles. The molecule has 1 aromatic carbocycles. The molecule has 3 nitrogen and oxygen atoms in total. The number of aryl methyl sites for hydroxylation is 1. The molecule has 4 heteroatoms. The lowest BCUT2D eigenvalue weighted by Gasteiger charge is -2.12. The largest absolute Gasteiger partial charge is 0.269 e. The third-order valence-corrected chi connectivity index (χ3v) is 4.92. The van der Waals surface area contributed by atoms with E-state index < -0.39 is 0 Å². The lowest BCUT2D eigenvalue weighted by Crippen LogP contribution is -2.17. The van der Waals surface area contributed by atoms with Gasteiger partial charge in [0.2, 0.25) is 0 Å². The summed E-state index contributed by atoms with van der Waals surface area (Å²) in [5, 5.41) is 0.374. The van der Waals surface area contributed by atoms with Crippen LogP contribution in [0.25, 0.3) is 5.65 Å². The van der Waals surface area contributed by atoms with Crippen molar-refractivity contribution in [2.45, 2.75) is 24.9 Å². The molecule has 0 radical (unpaired) electrons. The maximum Gasteiger partial charge on any atom is 0.258 e. The number of thioether (sulfide) groups is 1. The fourth-order valence-corrected chi connectivity index (χ4v) is 3.39. The molecule has 0 fully saturated rings. The number of pyridine rings is 1. The Labute approximate surface area is 134 Å². The molecule has 112 valence electrons. The van der Waals surface area contributed by atoms with Crippen LogP contribution in [0.2, 0.25) is 0 Å². The molecule has 0 bridgehead atoms. The zero-order valence-electron chi connectivity index (χ0n) is 12.7. The quantitative estimate of drug-likeness (QED) is 0.730. The van der Waals surface area contributed by atoms with E-state index in [1.54, 1.807) is 22.2 Å². The minimum Gasteiger partial charge on any atom is -0.269 e. The minimum atomic E-state index is -0.00827. The van der Waals surface area contributed by atoms with Crippen molar-refractivity contribution in [2.75, 3.05) is 0 Å². The third kappa shape index (κ3) is 3.07. The van der Waals surface area contributed by atoms with E-state index in [9.17, 15) is 4.79 Å². The van der Waals surface area contributed by atoms with Gasteiger partial charge in [-0.1, -0.05) is 36.4 Å². The molecule has 0 spiro atoms. The van der Waals surface area contributed by atoms with E-state index in [0.29, 0.717) is 5.25 Å². The van der Waals surface area contributed by atoms with Gasteiger partial charge in [0.25, 0.3) is 5.56 Å². The van der Waals surface area contributed by atoms with Gasteiger partial charge >= 0.3 is 0 Å². The highest BCUT2D eigenvalue weighted by atomic mass is 32.2. The normalized spacial score (nSPS) is 12.5.